The average Bonchev–Trinajstić information content (AvgIpc) is 2.47. The summed E-state index contributed by atoms with van der Waals surface area (Å²) in [5, 5.41) is 9.58. The van der Waals surface area contributed by atoms with Crippen molar-refractivity contribution in [3.63, 3.8) is 0 Å². The SMILES string of the molecule is N#CC(OS(=O)(=O)c1ccccc1)c1ccc(Cl)cc1. The van der Waals surface area contributed by atoms with Gasteiger partial charge in [-0.3, -0.25) is 0 Å². The Labute approximate surface area is 122 Å². The lowest BCUT2D eigenvalue weighted by atomic mass is 10.1. The Balaban J connectivity index is 2.27. The standard InChI is InChI=1S/C14H10ClNO3S/c15-12-8-6-11(7-9-12)14(10-16)19-20(17,18)13-4-2-1-3-5-13/h1-9,14H. The highest BCUT2D eigenvalue weighted by Crippen LogP contribution is 2.24. The monoisotopic (exact) mass is 307 g/mol. The first-order valence-corrected chi connectivity index (χ1v) is 7.45. The molecule has 1 unspecified atom stereocenters. The molecular formula is C14H10ClNO3S. The Kier molecular flexibility index (Phi) is 4.40. The average molecular weight is 308 g/mol. The van der Waals surface area contributed by atoms with Crippen LogP contribution in [0.1, 0.15) is 11.7 Å². The molecule has 1 atom stereocenters. The van der Waals surface area contributed by atoms with Crippen molar-refractivity contribution in [1.82, 2.24) is 0 Å². The van der Waals surface area contributed by atoms with Crippen LogP contribution < -0.4 is 0 Å². The summed E-state index contributed by atoms with van der Waals surface area (Å²) >= 11 is 5.75. The van der Waals surface area contributed by atoms with Gasteiger partial charge in [0.25, 0.3) is 10.1 Å². The summed E-state index contributed by atoms with van der Waals surface area (Å²) in [6.07, 6.45) is -1.21. The molecule has 2 aromatic carbocycles. The molecule has 4 nitrogen and oxygen atoms in total. The minimum atomic E-state index is -3.99. The predicted molar refractivity (Wildman–Crippen MR) is 74.5 cm³/mol. The summed E-state index contributed by atoms with van der Waals surface area (Å²) < 4.78 is 29.1. The molecule has 6 heteroatoms. The molecule has 0 bridgehead atoms. The third-order valence-corrected chi connectivity index (χ3v) is 4.09. The van der Waals surface area contributed by atoms with Gasteiger partial charge in [0.15, 0.2) is 6.10 Å². The zero-order valence-corrected chi connectivity index (χ0v) is 11.8. The number of hydrogen-bond acceptors (Lipinski definition) is 4. The molecule has 0 radical (unpaired) electrons. The second kappa shape index (κ2) is 6.06. The minimum absolute atomic E-state index is 0.00853. The van der Waals surface area contributed by atoms with E-state index >= 15 is 0 Å². The zero-order valence-electron chi connectivity index (χ0n) is 10.2. The van der Waals surface area contributed by atoms with Gasteiger partial charge in [-0.05, 0) is 29.8 Å². The number of benzene rings is 2. The maximum Gasteiger partial charge on any atom is 0.298 e. The van der Waals surface area contributed by atoms with Gasteiger partial charge in [0.2, 0.25) is 0 Å². The molecule has 0 spiro atoms. The molecule has 0 saturated heterocycles. The topological polar surface area (TPSA) is 67.2 Å². The molecule has 0 heterocycles. The van der Waals surface area contributed by atoms with Gasteiger partial charge < -0.3 is 0 Å². The highest BCUT2D eigenvalue weighted by molar-refractivity contribution is 7.86. The van der Waals surface area contributed by atoms with Crippen molar-refractivity contribution in [2.24, 2.45) is 0 Å². The Bertz CT molecular complexity index is 721. The van der Waals surface area contributed by atoms with Gasteiger partial charge in [0.05, 0.1) is 4.90 Å². The van der Waals surface area contributed by atoms with E-state index in [1.54, 1.807) is 42.5 Å². The van der Waals surface area contributed by atoms with Crippen LogP contribution in [-0.2, 0) is 14.3 Å². The van der Waals surface area contributed by atoms with Crippen LogP contribution in [0.5, 0.6) is 0 Å². The van der Waals surface area contributed by atoms with Crippen LogP contribution >= 0.6 is 11.6 Å². The fraction of sp³-hybridized carbons (Fsp3) is 0.0714. The summed E-state index contributed by atoms with van der Waals surface area (Å²) in [6.45, 7) is 0. The van der Waals surface area contributed by atoms with Gasteiger partial charge in [-0.1, -0.05) is 41.9 Å². The van der Waals surface area contributed by atoms with E-state index < -0.39 is 16.2 Å². The van der Waals surface area contributed by atoms with Crippen LogP contribution in [0.3, 0.4) is 0 Å². The summed E-state index contributed by atoms with van der Waals surface area (Å²) in [5.41, 5.74) is 0.427. The molecule has 0 N–H and O–H groups in total. The molecule has 0 aliphatic rings. The van der Waals surface area contributed by atoms with Crippen LogP contribution in [0, 0.1) is 11.3 Å². The molecule has 2 aromatic rings. The van der Waals surface area contributed by atoms with Gasteiger partial charge in [-0.2, -0.15) is 13.7 Å². The fourth-order valence-corrected chi connectivity index (χ4v) is 2.69. The third-order valence-electron chi connectivity index (χ3n) is 2.54. The van der Waals surface area contributed by atoms with Crippen molar-refractivity contribution in [2.75, 3.05) is 0 Å². The van der Waals surface area contributed by atoms with Crippen molar-refractivity contribution in [1.29, 1.82) is 5.26 Å². The maximum atomic E-state index is 12.0. The van der Waals surface area contributed by atoms with E-state index in [-0.39, 0.29) is 4.90 Å². The Hall–Kier alpha value is -1.87. The molecule has 20 heavy (non-hydrogen) atoms. The van der Waals surface area contributed by atoms with E-state index in [1.807, 2.05) is 6.07 Å². The lowest BCUT2D eigenvalue weighted by molar-refractivity contribution is 0.268. The quantitative estimate of drug-likeness (QED) is 0.813. The van der Waals surface area contributed by atoms with Crippen molar-refractivity contribution in [3.05, 3.63) is 65.2 Å². The number of hydrogen-bond donors (Lipinski definition) is 0. The molecule has 102 valence electrons. The largest absolute Gasteiger partial charge is 0.298 e. The van der Waals surface area contributed by atoms with Gasteiger partial charge >= 0.3 is 0 Å². The highest BCUT2D eigenvalue weighted by atomic mass is 35.5. The molecular weight excluding hydrogens is 298 g/mol. The summed E-state index contributed by atoms with van der Waals surface area (Å²) in [7, 11) is -3.99. The van der Waals surface area contributed by atoms with E-state index in [0.717, 1.165) is 0 Å². The van der Waals surface area contributed by atoms with Crippen LogP contribution in [-0.4, -0.2) is 8.42 Å². The lowest BCUT2D eigenvalue weighted by Crippen LogP contribution is -2.11. The minimum Gasteiger partial charge on any atom is -0.243 e. The maximum absolute atomic E-state index is 12.0. The van der Waals surface area contributed by atoms with Crippen LogP contribution in [0.4, 0.5) is 0 Å². The lowest BCUT2D eigenvalue weighted by Gasteiger charge is -2.11. The Morgan fingerprint density at radius 2 is 1.65 bits per heavy atom. The Morgan fingerprint density at radius 3 is 2.20 bits per heavy atom. The van der Waals surface area contributed by atoms with Crippen LogP contribution in [0.25, 0.3) is 0 Å². The third kappa shape index (κ3) is 3.36. The number of halogens is 1. The molecule has 0 fully saturated rings. The van der Waals surface area contributed by atoms with Crippen molar-refractivity contribution in [3.8, 4) is 6.07 Å². The van der Waals surface area contributed by atoms with E-state index in [2.05, 4.69) is 0 Å². The molecule has 0 aromatic heterocycles. The zero-order chi connectivity index (χ0) is 14.6. The number of rotatable bonds is 4. The predicted octanol–water partition coefficient (Wildman–Crippen LogP) is 3.31. The van der Waals surface area contributed by atoms with E-state index in [1.165, 1.54) is 12.1 Å². The van der Waals surface area contributed by atoms with Gasteiger partial charge in [0.1, 0.15) is 6.07 Å². The number of nitrogens with zero attached hydrogens (tertiary/aromatic N) is 1. The molecule has 2 rings (SSSR count). The van der Waals surface area contributed by atoms with Gasteiger partial charge in [-0.15, -0.1) is 0 Å². The highest BCUT2D eigenvalue weighted by Gasteiger charge is 2.22. The summed E-state index contributed by atoms with van der Waals surface area (Å²) in [6, 6.07) is 15.7. The van der Waals surface area contributed by atoms with Crippen LogP contribution in [0.15, 0.2) is 59.5 Å². The van der Waals surface area contributed by atoms with E-state index in [4.69, 9.17) is 21.0 Å². The first-order valence-electron chi connectivity index (χ1n) is 5.66. The normalized spacial score (nSPS) is 12.6. The van der Waals surface area contributed by atoms with Crippen molar-refractivity contribution < 1.29 is 12.6 Å². The molecule has 0 amide bonds. The Morgan fingerprint density at radius 1 is 1.05 bits per heavy atom. The first-order chi connectivity index (χ1) is 9.53. The summed E-state index contributed by atoms with van der Waals surface area (Å²) in [4.78, 5) is 0.00853. The molecule has 0 saturated carbocycles. The smallest absolute Gasteiger partial charge is 0.243 e. The number of nitriles is 1. The van der Waals surface area contributed by atoms with Gasteiger partial charge in [-0.25, -0.2) is 4.18 Å². The van der Waals surface area contributed by atoms with E-state index in [9.17, 15) is 8.42 Å². The second-order valence-electron chi connectivity index (χ2n) is 3.92. The van der Waals surface area contributed by atoms with Crippen molar-refractivity contribution in [2.45, 2.75) is 11.0 Å². The van der Waals surface area contributed by atoms with Crippen molar-refractivity contribution >= 4 is 21.7 Å². The molecule has 0 aliphatic heterocycles. The van der Waals surface area contributed by atoms with Gasteiger partial charge in [0, 0.05) is 5.02 Å². The van der Waals surface area contributed by atoms with Crippen LogP contribution in [0.2, 0.25) is 5.02 Å². The molecule has 0 aliphatic carbocycles. The summed E-state index contributed by atoms with van der Waals surface area (Å²) in [5.74, 6) is 0. The van der Waals surface area contributed by atoms with E-state index in [0.29, 0.717) is 10.6 Å². The second-order valence-corrected chi connectivity index (χ2v) is 5.93. The first kappa shape index (κ1) is 14.5. The fourth-order valence-electron chi connectivity index (χ4n) is 1.56.